The molecule has 156 valence electrons. The van der Waals surface area contributed by atoms with Gasteiger partial charge < -0.3 is 14.6 Å². The number of esters is 1. The van der Waals surface area contributed by atoms with Crippen molar-refractivity contribution in [1.29, 1.82) is 0 Å². The molecule has 0 bridgehead atoms. The maximum absolute atomic E-state index is 11.2. The summed E-state index contributed by atoms with van der Waals surface area (Å²) in [6.45, 7) is 9.69. The maximum atomic E-state index is 11.2. The number of allylic oxidation sites excluding steroid dienone is 3. The van der Waals surface area contributed by atoms with Crippen LogP contribution in [0, 0.1) is 5.41 Å². The number of carbonyl (C=O) groups excluding carboxylic acids is 1. The van der Waals surface area contributed by atoms with Crippen LogP contribution in [0.4, 0.5) is 0 Å². The van der Waals surface area contributed by atoms with Crippen LogP contribution in [0.1, 0.15) is 65.4 Å². The number of aliphatic hydroxyl groups excluding tert-OH is 1. The Hall–Kier alpha value is -2.33. The van der Waals surface area contributed by atoms with Crippen LogP contribution in [0.3, 0.4) is 0 Å². The summed E-state index contributed by atoms with van der Waals surface area (Å²) < 4.78 is 10.6. The van der Waals surface area contributed by atoms with E-state index < -0.39 is 12.3 Å². The highest BCUT2D eigenvalue weighted by molar-refractivity contribution is 5.96. The van der Waals surface area contributed by atoms with Crippen molar-refractivity contribution < 1.29 is 19.4 Å². The van der Waals surface area contributed by atoms with E-state index in [2.05, 4.69) is 33.8 Å². The Morgan fingerprint density at radius 1 is 1.31 bits per heavy atom. The van der Waals surface area contributed by atoms with Crippen LogP contribution < -0.4 is 4.74 Å². The quantitative estimate of drug-likeness (QED) is 0.483. The molecule has 1 aromatic rings. The number of rotatable bonds is 7. The molecule has 0 amide bonds. The van der Waals surface area contributed by atoms with Gasteiger partial charge in [0.1, 0.15) is 12.4 Å². The monoisotopic (exact) mass is 396 g/mol. The Morgan fingerprint density at radius 2 is 2.03 bits per heavy atom. The second-order valence-electron chi connectivity index (χ2n) is 8.79. The van der Waals surface area contributed by atoms with Crippen molar-refractivity contribution in [2.75, 3.05) is 6.61 Å². The first-order valence-electron chi connectivity index (χ1n) is 10.4. The minimum Gasteiger partial charge on any atom is -0.489 e. The van der Waals surface area contributed by atoms with Crippen molar-refractivity contribution in [2.24, 2.45) is 5.41 Å². The fourth-order valence-corrected chi connectivity index (χ4v) is 4.32. The molecule has 1 heterocycles. The standard InChI is InChI=1S/C25H32O4/c1-17(7-5-9-22-18(2)8-6-14-25(22,3)4)16-28-20-12-10-19(11-13-20)21-15-23(26)29-24(21)27/h7,10-13,15,24,27H,5-6,8-9,14,16H2,1-4H3. The van der Waals surface area contributed by atoms with Gasteiger partial charge in [0.05, 0.1) is 0 Å². The Bertz CT molecular complexity index is 840. The smallest absolute Gasteiger partial charge is 0.333 e. The molecular formula is C25H32O4. The third-order valence-electron chi connectivity index (χ3n) is 5.99. The first kappa shape index (κ1) is 21.4. The van der Waals surface area contributed by atoms with Crippen molar-refractivity contribution in [1.82, 2.24) is 0 Å². The number of cyclic esters (lactones) is 1. The lowest BCUT2D eigenvalue weighted by molar-refractivity contribution is -0.149. The first-order valence-corrected chi connectivity index (χ1v) is 10.4. The van der Waals surface area contributed by atoms with E-state index in [4.69, 9.17) is 9.47 Å². The average Bonchev–Trinajstić information content (AvgIpc) is 3.00. The molecule has 1 aromatic carbocycles. The molecule has 1 unspecified atom stereocenters. The highest BCUT2D eigenvalue weighted by Crippen LogP contribution is 2.42. The lowest BCUT2D eigenvalue weighted by Crippen LogP contribution is -2.20. The predicted molar refractivity (Wildman–Crippen MR) is 115 cm³/mol. The topological polar surface area (TPSA) is 55.8 Å². The van der Waals surface area contributed by atoms with Gasteiger partial charge in [-0.1, -0.05) is 43.2 Å². The number of aliphatic hydroxyl groups is 1. The van der Waals surface area contributed by atoms with Gasteiger partial charge in [-0.2, -0.15) is 0 Å². The van der Waals surface area contributed by atoms with Gasteiger partial charge in [-0.15, -0.1) is 0 Å². The summed E-state index contributed by atoms with van der Waals surface area (Å²) in [5.41, 5.74) is 6.00. The summed E-state index contributed by atoms with van der Waals surface area (Å²) in [6.07, 6.45) is 8.42. The summed E-state index contributed by atoms with van der Waals surface area (Å²) in [5.74, 6) is 0.241. The fourth-order valence-electron chi connectivity index (χ4n) is 4.32. The van der Waals surface area contributed by atoms with Gasteiger partial charge in [0.25, 0.3) is 0 Å². The van der Waals surface area contributed by atoms with Gasteiger partial charge in [-0.05, 0) is 74.6 Å². The number of hydrogen-bond acceptors (Lipinski definition) is 4. The lowest BCUT2D eigenvalue weighted by atomic mass is 9.71. The Balaban J connectivity index is 1.51. The molecular weight excluding hydrogens is 364 g/mol. The van der Waals surface area contributed by atoms with Crippen molar-refractivity contribution in [3.05, 3.63) is 58.7 Å². The number of benzene rings is 1. The number of hydrogen-bond donors (Lipinski definition) is 1. The molecule has 2 aliphatic rings. The highest BCUT2D eigenvalue weighted by atomic mass is 16.6. The highest BCUT2D eigenvalue weighted by Gasteiger charge is 2.27. The zero-order valence-corrected chi connectivity index (χ0v) is 18.0. The zero-order valence-electron chi connectivity index (χ0n) is 18.0. The van der Waals surface area contributed by atoms with E-state index in [-0.39, 0.29) is 0 Å². The van der Waals surface area contributed by atoms with Crippen LogP contribution >= 0.6 is 0 Å². The molecule has 0 saturated carbocycles. The maximum Gasteiger partial charge on any atom is 0.333 e. The van der Waals surface area contributed by atoms with Crippen LogP contribution in [0.25, 0.3) is 5.57 Å². The molecule has 4 heteroatoms. The van der Waals surface area contributed by atoms with Crippen molar-refractivity contribution in [3.8, 4) is 5.75 Å². The minimum atomic E-state index is -1.19. The van der Waals surface area contributed by atoms with Gasteiger partial charge in [-0.25, -0.2) is 4.79 Å². The Morgan fingerprint density at radius 3 is 2.66 bits per heavy atom. The molecule has 29 heavy (non-hydrogen) atoms. The summed E-state index contributed by atoms with van der Waals surface area (Å²) in [4.78, 5) is 11.2. The van der Waals surface area contributed by atoms with Crippen molar-refractivity contribution >= 4 is 11.5 Å². The van der Waals surface area contributed by atoms with Gasteiger partial charge >= 0.3 is 5.97 Å². The number of carbonyl (C=O) groups is 1. The average molecular weight is 397 g/mol. The Labute approximate surface area is 173 Å². The van der Waals surface area contributed by atoms with E-state index in [1.54, 1.807) is 11.1 Å². The SMILES string of the molecule is CC(=CCCC1=C(C)CCCC1(C)C)COc1ccc(C2=CC(=O)OC2O)cc1. The molecule has 1 aliphatic heterocycles. The molecule has 0 spiro atoms. The summed E-state index contributed by atoms with van der Waals surface area (Å²) in [5, 5.41) is 9.73. The molecule has 0 aromatic heterocycles. The zero-order chi connectivity index (χ0) is 21.0. The number of ether oxygens (including phenoxy) is 2. The molecule has 0 fully saturated rings. The molecule has 0 radical (unpaired) electrons. The van der Waals surface area contributed by atoms with Crippen LogP contribution in [0.15, 0.2) is 53.1 Å². The third kappa shape index (κ3) is 5.39. The van der Waals surface area contributed by atoms with Crippen LogP contribution in [0.5, 0.6) is 5.75 Å². The minimum absolute atomic E-state index is 0.334. The van der Waals surface area contributed by atoms with Crippen LogP contribution in [0.2, 0.25) is 0 Å². The third-order valence-corrected chi connectivity index (χ3v) is 5.99. The van der Waals surface area contributed by atoms with Gasteiger partial charge in [0.15, 0.2) is 0 Å². The predicted octanol–water partition coefficient (Wildman–Crippen LogP) is 5.58. The van der Waals surface area contributed by atoms with Crippen molar-refractivity contribution in [3.63, 3.8) is 0 Å². The summed E-state index contributed by atoms with van der Waals surface area (Å²) in [7, 11) is 0. The van der Waals surface area contributed by atoms with Crippen molar-refractivity contribution in [2.45, 2.75) is 66.1 Å². The fraction of sp³-hybridized carbons (Fsp3) is 0.480. The molecule has 1 N–H and O–H groups in total. The van der Waals surface area contributed by atoms with Gasteiger partial charge in [0, 0.05) is 11.6 Å². The second-order valence-corrected chi connectivity index (χ2v) is 8.79. The molecule has 1 atom stereocenters. The van der Waals surface area contributed by atoms with E-state index in [0.717, 1.165) is 24.2 Å². The van der Waals surface area contributed by atoms with E-state index in [9.17, 15) is 9.90 Å². The lowest BCUT2D eigenvalue weighted by Gasteiger charge is -2.34. The van der Waals surface area contributed by atoms with Crippen LogP contribution in [-0.4, -0.2) is 24.0 Å². The van der Waals surface area contributed by atoms with E-state index in [1.165, 1.54) is 30.9 Å². The molecule has 3 rings (SSSR count). The normalized spacial score (nSPS) is 21.8. The second kappa shape index (κ2) is 9.00. The summed E-state index contributed by atoms with van der Waals surface area (Å²) >= 11 is 0. The largest absolute Gasteiger partial charge is 0.489 e. The van der Waals surface area contributed by atoms with E-state index in [1.807, 2.05) is 24.3 Å². The van der Waals surface area contributed by atoms with E-state index in [0.29, 0.717) is 17.6 Å². The van der Waals surface area contributed by atoms with Gasteiger partial charge in [-0.3, -0.25) is 0 Å². The first-order chi connectivity index (χ1) is 13.8. The molecule has 0 saturated heterocycles. The molecule has 4 nitrogen and oxygen atoms in total. The van der Waals surface area contributed by atoms with Gasteiger partial charge in [0.2, 0.25) is 6.29 Å². The van der Waals surface area contributed by atoms with E-state index >= 15 is 0 Å². The van der Waals surface area contributed by atoms with Crippen LogP contribution in [-0.2, 0) is 9.53 Å². The molecule has 1 aliphatic carbocycles. The summed E-state index contributed by atoms with van der Waals surface area (Å²) in [6, 6.07) is 7.34. The Kier molecular flexibility index (Phi) is 6.63.